The first-order valence-electron chi connectivity index (χ1n) is 6.06. The quantitative estimate of drug-likeness (QED) is 0.733. The second kappa shape index (κ2) is 5.13. The fraction of sp³-hybridized carbons (Fsp3) is 1.00. The number of hydrogen-bond acceptors (Lipinski definition) is 2. The second-order valence-corrected chi connectivity index (χ2v) is 5.17. The normalized spacial score (nSPS) is 27.9. The van der Waals surface area contributed by atoms with Crippen LogP contribution in [-0.2, 0) is 0 Å². The Labute approximate surface area is 88.8 Å². The maximum Gasteiger partial charge on any atom is 0.00474 e. The molecule has 1 saturated heterocycles. The summed E-state index contributed by atoms with van der Waals surface area (Å²) < 4.78 is 0. The molecule has 14 heavy (non-hydrogen) atoms. The zero-order chi connectivity index (χ0) is 10.6. The molecule has 1 rings (SSSR count). The molecule has 0 radical (unpaired) electrons. The summed E-state index contributed by atoms with van der Waals surface area (Å²) in [5, 5.41) is 0. The monoisotopic (exact) mass is 198 g/mol. The molecule has 2 N–H and O–H groups in total. The van der Waals surface area contributed by atoms with Crippen molar-refractivity contribution in [2.75, 3.05) is 26.2 Å². The van der Waals surface area contributed by atoms with Crippen molar-refractivity contribution in [2.24, 2.45) is 17.1 Å². The Hall–Kier alpha value is -0.0800. The predicted octanol–water partition coefficient (Wildman–Crippen LogP) is 2.09. The lowest BCUT2D eigenvalue weighted by molar-refractivity contribution is 0.186. The van der Waals surface area contributed by atoms with Gasteiger partial charge in [-0.25, -0.2) is 0 Å². The fourth-order valence-corrected chi connectivity index (χ4v) is 2.25. The first-order valence-corrected chi connectivity index (χ1v) is 6.06. The highest BCUT2D eigenvalue weighted by atomic mass is 15.2. The van der Waals surface area contributed by atoms with E-state index in [1.165, 1.54) is 38.9 Å². The third-order valence-corrected chi connectivity index (χ3v) is 3.90. The minimum absolute atomic E-state index is 0.336. The van der Waals surface area contributed by atoms with Crippen molar-refractivity contribution in [3.8, 4) is 0 Å². The van der Waals surface area contributed by atoms with Crippen molar-refractivity contribution in [2.45, 2.75) is 40.0 Å². The van der Waals surface area contributed by atoms with Crippen LogP contribution in [0.5, 0.6) is 0 Å². The highest BCUT2D eigenvalue weighted by molar-refractivity contribution is 4.82. The zero-order valence-electron chi connectivity index (χ0n) is 10.1. The Morgan fingerprint density at radius 1 is 1.43 bits per heavy atom. The number of hydrogen-bond donors (Lipinski definition) is 1. The molecule has 2 heteroatoms. The molecule has 2 unspecified atom stereocenters. The third kappa shape index (κ3) is 2.96. The summed E-state index contributed by atoms with van der Waals surface area (Å²) in [5.74, 6) is 0.939. The van der Waals surface area contributed by atoms with Crippen LogP contribution in [0.15, 0.2) is 0 Å². The van der Waals surface area contributed by atoms with Gasteiger partial charge >= 0.3 is 0 Å². The standard InChI is InChI=1S/C12H26N2/c1-4-11-6-7-14(8-11)10-12(3,5-2)9-13/h11H,4-10,13H2,1-3H3. The summed E-state index contributed by atoms with van der Waals surface area (Å²) >= 11 is 0. The van der Waals surface area contributed by atoms with Crippen molar-refractivity contribution in [3.63, 3.8) is 0 Å². The number of likely N-dealkylation sites (tertiary alicyclic amines) is 1. The largest absolute Gasteiger partial charge is 0.330 e. The Morgan fingerprint density at radius 3 is 2.57 bits per heavy atom. The third-order valence-electron chi connectivity index (χ3n) is 3.90. The van der Waals surface area contributed by atoms with Crippen LogP contribution in [0.3, 0.4) is 0 Å². The van der Waals surface area contributed by atoms with Gasteiger partial charge in [-0.05, 0) is 37.3 Å². The molecular weight excluding hydrogens is 172 g/mol. The van der Waals surface area contributed by atoms with Crippen LogP contribution in [-0.4, -0.2) is 31.1 Å². The molecule has 0 aliphatic carbocycles. The van der Waals surface area contributed by atoms with Crippen molar-refractivity contribution in [1.29, 1.82) is 0 Å². The molecule has 2 atom stereocenters. The lowest BCUT2D eigenvalue weighted by Gasteiger charge is -2.31. The van der Waals surface area contributed by atoms with E-state index in [0.29, 0.717) is 5.41 Å². The topological polar surface area (TPSA) is 29.3 Å². The maximum atomic E-state index is 5.84. The van der Waals surface area contributed by atoms with E-state index in [9.17, 15) is 0 Å². The van der Waals surface area contributed by atoms with Crippen molar-refractivity contribution < 1.29 is 0 Å². The van der Waals surface area contributed by atoms with E-state index in [-0.39, 0.29) is 0 Å². The summed E-state index contributed by atoms with van der Waals surface area (Å²) in [6, 6.07) is 0. The van der Waals surface area contributed by atoms with E-state index in [0.717, 1.165) is 12.5 Å². The van der Waals surface area contributed by atoms with E-state index in [1.54, 1.807) is 0 Å². The predicted molar refractivity (Wildman–Crippen MR) is 62.3 cm³/mol. The zero-order valence-corrected chi connectivity index (χ0v) is 10.1. The number of rotatable bonds is 5. The summed E-state index contributed by atoms with van der Waals surface area (Å²) in [4.78, 5) is 2.60. The van der Waals surface area contributed by atoms with Gasteiger partial charge in [0.15, 0.2) is 0 Å². The molecular formula is C12H26N2. The molecule has 84 valence electrons. The molecule has 1 heterocycles. The minimum atomic E-state index is 0.336. The van der Waals surface area contributed by atoms with Crippen molar-refractivity contribution in [1.82, 2.24) is 4.90 Å². The average molecular weight is 198 g/mol. The second-order valence-electron chi connectivity index (χ2n) is 5.17. The van der Waals surface area contributed by atoms with Crippen LogP contribution in [0.2, 0.25) is 0 Å². The molecule has 0 spiro atoms. The first-order chi connectivity index (χ1) is 6.63. The van der Waals surface area contributed by atoms with Crippen LogP contribution >= 0.6 is 0 Å². The van der Waals surface area contributed by atoms with Gasteiger partial charge in [-0.2, -0.15) is 0 Å². The van der Waals surface area contributed by atoms with Crippen LogP contribution in [0.1, 0.15) is 40.0 Å². The van der Waals surface area contributed by atoms with Gasteiger partial charge in [0.2, 0.25) is 0 Å². The van der Waals surface area contributed by atoms with Crippen LogP contribution in [0.4, 0.5) is 0 Å². The van der Waals surface area contributed by atoms with Gasteiger partial charge < -0.3 is 10.6 Å². The molecule has 0 saturated carbocycles. The lowest BCUT2D eigenvalue weighted by Crippen LogP contribution is -2.39. The summed E-state index contributed by atoms with van der Waals surface area (Å²) in [7, 11) is 0. The van der Waals surface area contributed by atoms with Crippen molar-refractivity contribution >= 4 is 0 Å². The molecule has 1 aliphatic heterocycles. The van der Waals surface area contributed by atoms with E-state index < -0.39 is 0 Å². The van der Waals surface area contributed by atoms with Gasteiger partial charge in [-0.15, -0.1) is 0 Å². The molecule has 0 bridgehead atoms. The summed E-state index contributed by atoms with van der Waals surface area (Å²) in [6.07, 6.45) is 3.92. The van der Waals surface area contributed by atoms with Crippen LogP contribution < -0.4 is 5.73 Å². The Bertz CT molecular complexity index is 164. The Balaban J connectivity index is 2.37. The van der Waals surface area contributed by atoms with Gasteiger partial charge in [0.05, 0.1) is 0 Å². The fourth-order valence-electron chi connectivity index (χ4n) is 2.25. The van der Waals surface area contributed by atoms with Crippen LogP contribution in [0, 0.1) is 11.3 Å². The Kier molecular flexibility index (Phi) is 4.39. The molecule has 2 nitrogen and oxygen atoms in total. The molecule has 1 fully saturated rings. The van der Waals surface area contributed by atoms with Gasteiger partial charge in [0.1, 0.15) is 0 Å². The molecule has 0 aromatic heterocycles. The number of nitrogens with zero attached hydrogens (tertiary/aromatic N) is 1. The van der Waals surface area contributed by atoms with E-state index in [1.807, 2.05) is 0 Å². The first kappa shape index (κ1) is 12.0. The molecule has 1 aliphatic rings. The van der Waals surface area contributed by atoms with Gasteiger partial charge in [0.25, 0.3) is 0 Å². The van der Waals surface area contributed by atoms with E-state index in [2.05, 4.69) is 25.7 Å². The SMILES string of the molecule is CCC1CCN(CC(C)(CC)CN)C1. The minimum Gasteiger partial charge on any atom is -0.330 e. The van der Waals surface area contributed by atoms with E-state index in [4.69, 9.17) is 5.73 Å². The number of nitrogens with two attached hydrogens (primary N) is 1. The smallest absolute Gasteiger partial charge is 0.00474 e. The van der Waals surface area contributed by atoms with Gasteiger partial charge in [-0.3, -0.25) is 0 Å². The summed E-state index contributed by atoms with van der Waals surface area (Å²) in [6.45, 7) is 11.5. The molecule has 0 amide bonds. The van der Waals surface area contributed by atoms with Crippen LogP contribution in [0.25, 0.3) is 0 Å². The highest BCUT2D eigenvalue weighted by Crippen LogP contribution is 2.26. The van der Waals surface area contributed by atoms with E-state index >= 15 is 0 Å². The van der Waals surface area contributed by atoms with Gasteiger partial charge in [-0.1, -0.05) is 27.2 Å². The average Bonchev–Trinajstić information content (AvgIpc) is 2.65. The molecule has 0 aromatic rings. The molecule has 0 aromatic carbocycles. The Morgan fingerprint density at radius 2 is 2.14 bits per heavy atom. The van der Waals surface area contributed by atoms with Crippen molar-refractivity contribution in [3.05, 3.63) is 0 Å². The summed E-state index contributed by atoms with van der Waals surface area (Å²) in [5.41, 5.74) is 6.17. The highest BCUT2D eigenvalue weighted by Gasteiger charge is 2.28. The maximum absolute atomic E-state index is 5.84. The lowest BCUT2D eigenvalue weighted by atomic mass is 9.87. The van der Waals surface area contributed by atoms with Gasteiger partial charge in [0, 0.05) is 13.1 Å².